The molecule has 2 aromatic carbocycles. The molecule has 3 aromatic rings. The van der Waals surface area contributed by atoms with Crippen LogP contribution in [0.1, 0.15) is 48.0 Å². The van der Waals surface area contributed by atoms with E-state index >= 15 is 0 Å². The first-order valence-electron chi connectivity index (χ1n) is 11.3. The van der Waals surface area contributed by atoms with Crippen molar-refractivity contribution in [2.24, 2.45) is 5.92 Å². The minimum Gasteiger partial charge on any atom is -0.480 e. The maximum atomic E-state index is 13.0. The number of benzene rings is 2. The third-order valence-corrected chi connectivity index (χ3v) is 9.62. The lowest BCUT2D eigenvalue weighted by Gasteiger charge is -2.32. The quantitative estimate of drug-likeness (QED) is 0.470. The molecule has 7 nitrogen and oxygen atoms in total. The summed E-state index contributed by atoms with van der Waals surface area (Å²) in [6.07, 6.45) is 0.542. The van der Waals surface area contributed by atoms with Crippen LogP contribution in [0.3, 0.4) is 0 Å². The van der Waals surface area contributed by atoms with E-state index in [4.69, 9.17) is 9.31 Å². The summed E-state index contributed by atoms with van der Waals surface area (Å²) in [5.41, 5.74) is 0.0308. The van der Waals surface area contributed by atoms with Crippen LogP contribution < -0.4 is 10.2 Å². The van der Waals surface area contributed by atoms with Crippen molar-refractivity contribution >= 4 is 60.1 Å². The van der Waals surface area contributed by atoms with Crippen LogP contribution in [0, 0.1) is 5.92 Å². The van der Waals surface area contributed by atoms with Gasteiger partial charge in [-0.2, -0.15) is 4.72 Å². The van der Waals surface area contributed by atoms with E-state index in [1.54, 1.807) is 19.1 Å². The molecule has 1 aliphatic heterocycles. The Bertz CT molecular complexity index is 1350. The molecular weight excluding hydrogens is 473 g/mol. The van der Waals surface area contributed by atoms with Gasteiger partial charge in [-0.25, -0.2) is 8.42 Å². The van der Waals surface area contributed by atoms with E-state index in [1.807, 2.05) is 52.8 Å². The largest absolute Gasteiger partial charge is 0.494 e. The van der Waals surface area contributed by atoms with Gasteiger partial charge in [-0.1, -0.05) is 38.5 Å². The van der Waals surface area contributed by atoms with Gasteiger partial charge in [0, 0.05) is 20.2 Å². The van der Waals surface area contributed by atoms with Crippen LogP contribution in [0.2, 0.25) is 0 Å². The summed E-state index contributed by atoms with van der Waals surface area (Å²) < 4.78 is 42.4. The second-order valence-electron chi connectivity index (χ2n) is 9.93. The molecule has 1 aliphatic rings. The lowest BCUT2D eigenvalue weighted by molar-refractivity contribution is -0.140. The lowest BCUT2D eigenvalue weighted by Crippen LogP contribution is -2.44. The number of thiophene rings is 1. The number of rotatable bonds is 7. The molecule has 0 bridgehead atoms. The van der Waals surface area contributed by atoms with Crippen molar-refractivity contribution < 1.29 is 27.6 Å². The zero-order chi connectivity index (χ0) is 25.1. The molecule has 2 heterocycles. The van der Waals surface area contributed by atoms with Crippen LogP contribution in [0.5, 0.6) is 0 Å². The molecule has 2 unspecified atom stereocenters. The predicted octanol–water partition coefficient (Wildman–Crippen LogP) is 4.13. The average Bonchev–Trinajstić information content (AvgIpc) is 3.23. The Morgan fingerprint density at radius 2 is 1.62 bits per heavy atom. The topological polar surface area (TPSA) is 102 Å². The Labute approximate surface area is 204 Å². The zero-order valence-electron chi connectivity index (χ0n) is 20.2. The molecule has 0 aliphatic carbocycles. The van der Waals surface area contributed by atoms with Gasteiger partial charge in [0.05, 0.1) is 16.1 Å². The van der Waals surface area contributed by atoms with E-state index in [9.17, 15) is 18.3 Å². The molecule has 0 saturated carbocycles. The minimum atomic E-state index is -4.00. The summed E-state index contributed by atoms with van der Waals surface area (Å²) in [4.78, 5) is 11.7. The Kier molecular flexibility index (Phi) is 6.36. The van der Waals surface area contributed by atoms with E-state index < -0.39 is 40.4 Å². The van der Waals surface area contributed by atoms with Crippen molar-refractivity contribution in [2.45, 2.75) is 70.1 Å². The van der Waals surface area contributed by atoms with Gasteiger partial charge < -0.3 is 14.4 Å². The van der Waals surface area contributed by atoms with Gasteiger partial charge in [0.2, 0.25) is 10.0 Å². The summed E-state index contributed by atoms with van der Waals surface area (Å²) in [6.45, 7) is 11.6. The number of aliphatic carboxylic acids is 1. The van der Waals surface area contributed by atoms with Crippen molar-refractivity contribution in [3.05, 3.63) is 36.4 Å². The number of nitrogens with one attached hydrogen (secondary N) is 1. The normalized spacial score (nSPS) is 19.5. The summed E-state index contributed by atoms with van der Waals surface area (Å²) >= 11 is 1.48. The number of carbonyl (C=O) groups is 1. The second kappa shape index (κ2) is 8.60. The zero-order valence-corrected chi connectivity index (χ0v) is 21.8. The molecule has 1 fully saturated rings. The Balaban J connectivity index is 1.68. The number of sulfonamides is 1. The van der Waals surface area contributed by atoms with Gasteiger partial charge in [-0.15, -0.1) is 11.3 Å². The van der Waals surface area contributed by atoms with Gasteiger partial charge in [0.25, 0.3) is 0 Å². The van der Waals surface area contributed by atoms with Crippen molar-refractivity contribution in [3.8, 4) is 0 Å². The Morgan fingerprint density at radius 3 is 2.18 bits per heavy atom. The van der Waals surface area contributed by atoms with Crippen molar-refractivity contribution in [1.29, 1.82) is 0 Å². The molecule has 0 radical (unpaired) electrons. The monoisotopic (exact) mass is 503 g/mol. The van der Waals surface area contributed by atoms with Gasteiger partial charge in [0.15, 0.2) is 0 Å². The maximum Gasteiger partial charge on any atom is 0.494 e. The molecule has 2 N–H and O–H groups in total. The third kappa shape index (κ3) is 4.38. The lowest BCUT2D eigenvalue weighted by atomic mass is 9.79. The number of carboxylic acid groups (broad SMARTS) is 1. The number of hydrogen-bond donors (Lipinski definition) is 2. The molecule has 34 heavy (non-hydrogen) atoms. The van der Waals surface area contributed by atoms with E-state index in [0.29, 0.717) is 6.42 Å². The van der Waals surface area contributed by atoms with Gasteiger partial charge in [-0.3, -0.25) is 4.79 Å². The molecule has 2 atom stereocenters. The van der Waals surface area contributed by atoms with Crippen LogP contribution in [0.15, 0.2) is 41.3 Å². The van der Waals surface area contributed by atoms with E-state index in [-0.39, 0.29) is 10.8 Å². The summed E-state index contributed by atoms with van der Waals surface area (Å²) in [5.74, 6) is -1.52. The number of fused-ring (bicyclic) bond motifs is 3. The first-order chi connectivity index (χ1) is 15.8. The Hall–Kier alpha value is -1.98. The van der Waals surface area contributed by atoms with Gasteiger partial charge >= 0.3 is 13.1 Å². The molecule has 1 saturated heterocycles. The summed E-state index contributed by atoms with van der Waals surface area (Å²) in [7, 11) is -4.48. The highest BCUT2D eigenvalue weighted by molar-refractivity contribution is 7.89. The van der Waals surface area contributed by atoms with Crippen LogP contribution in [-0.4, -0.2) is 43.9 Å². The SMILES string of the molecule is CCC(C)C(NS(=O)(=O)c1ccc2c(c1)sc1cc(B3OC(C)(C)C(C)(C)O3)ccc12)C(=O)O. The summed E-state index contributed by atoms with van der Waals surface area (Å²) in [5, 5.41) is 11.4. The fourth-order valence-corrected chi connectivity index (χ4v) is 6.54. The fourth-order valence-electron chi connectivity index (χ4n) is 3.95. The van der Waals surface area contributed by atoms with Crippen molar-refractivity contribution in [3.63, 3.8) is 0 Å². The van der Waals surface area contributed by atoms with Crippen LogP contribution >= 0.6 is 11.3 Å². The third-order valence-electron chi connectivity index (χ3n) is 7.07. The number of carboxylic acids is 1. The maximum absolute atomic E-state index is 13.0. The second-order valence-corrected chi connectivity index (χ2v) is 12.7. The van der Waals surface area contributed by atoms with Crippen molar-refractivity contribution in [1.82, 2.24) is 4.72 Å². The highest BCUT2D eigenvalue weighted by atomic mass is 32.2. The fraction of sp³-hybridized carbons (Fsp3) is 0.458. The van der Waals surface area contributed by atoms with E-state index in [2.05, 4.69) is 4.72 Å². The molecule has 4 rings (SSSR count). The minimum absolute atomic E-state index is 0.0484. The molecule has 1 aromatic heterocycles. The van der Waals surface area contributed by atoms with Gasteiger partial charge in [0.1, 0.15) is 6.04 Å². The van der Waals surface area contributed by atoms with Crippen LogP contribution in [0.25, 0.3) is 20.2 Å². The summed E-state index contributed by atoms with van der Waals surface area (Å²) in [6, 6.07) is 9.72. The molecule has 182 valence electrons. The average molecular weight is 503 g/mol. The van der Waals surface area contributed by atoms with E-state index in [0.717, 1.165) is 25.6 Å². The van der Waals surface area contributed by atoms with Crippen molar-refractivity contribution in [2.75, 3.05) is 0 Å². The van der Waals surface area contributed by atoms with E-state index in [1.165, 1.54) is 17.4 Å². The highest BCUT2D eigenvalue weighted by Crippen LogP contribution is 2.38. The molecule has 0 amide bonds. The molecule has 0 spiro atoms. The Morgan fingerprint density at radius 1 is 1.06 bits per heavy atom. The van der Waals surface area contributed by atoms with Crippen LogP contribution in [0.4, 0.5) is 0 Å². The highest BCUT2D eigenvalue weighted by Gasteiger charge is 2.51. The van der Waals surface area contributed by atoms with Crippen LogP contribution in [-0.2, 0) is 24.1 Å². The smallest absolute Gasteiger partial charge is 0.480 e. The first-order valence-corrected chi connectivity index (χ1v) is 13.6. The number of hydrogen-bond acceptors (Lipinski definition) is 6. The first kappa shape index (κ1) is 25.1. The molecule has 10 heteroatoms. The predicted molar refractivity (Wildman–Crippen MR) is 136 cm³/mol. The molecular formula is C24H30BNO6S2. The standard InChI is InChI=1S/C24H30BNO6S2/c1-7-14(2)21(22(27)28)26-34(29,30)16-9-11-18-17-10-8-15(12-19(17)33-20(18)13-16)25-31-23(3,4)24(5,6)32-25/h8-14,21,26H,7H2,1-6H3,(H,27,28). The van der Waals surface area contributed by atoms with Gasteiger partial charge in [-0.05, 0) is 57.3 Å².